The topological polar surface area (TPSA) is 113 Å². The molecule has 1 heterocycles. The summed E-state index contributed by atoms with van der Waals surface area (Å²) in [7, 11) is -5.09. The number of carbonyl (C=O) groups is 2. The van der Waals surface area contributed by atoms with Crippen LogP contribution in [-0.4, -0.2) is 44.5 Å². The maximum Gasteiger partial charge on any atom is 0.488 e. The van der Waals surface area contributed by atoms with E-state index in [0.29, 0.717) is 25.2 Å². The van der Waals surface area contributed by atoms with Gasteiger partial charge in [0.15, 0.2) is 0 Å². The van der Waals surface area contributed by atoms with E-state index in [-0.39, 0.29) is 11.8 Å². The van der Waals surface area contributed by atoms with Crippen molar-refractivity contribution in [2.45, 2.75) is 12.5 Å². The maximum absolute atomic E-state index is 12.6. The minimum atomic E-state index is -5.09. The Kier molecular flexibility index (Phi) is 5.39. The van der Waals surface area contributed by atoms with Gasteiger partial charge in [0, 0.05) is 43.0 Å². The van der Waals surface area contributed by atoms with Crippen molar-refractivity contribution in [2.75, 3.05) is 18.0 Å². The number of anilines is 1. The molecule has 1 aliphatic rings. The zero-order valence-corrected chi connectivity index (χ0v) is 13.2. The summed E-state index contributed by atoms with van der Waals surface area (Å²) in [6.07, 6.45) is 2.31. The van der Waals surface area contributed by atoms with Crippen LogP contribution in [0.1, 0.15) is 6.42 Å². The van der Waals surface area contributed by atoms with E-state index in [4.69, 9.17) is 5.11 Å². The van der Waals surface area contributed by atoms with Crippen molar-refractivity contribution < 1.29 is 31.2 Å². The lowest BCUT2D eigenvalue weighted by molar-refractivity contribution is -0.131. The molecule has 0 spiro atoms. The standard InChI is InChI=1S/C14H15FN2O6S/c15-24(21,22)23-12-3-1-2-11(8-12)17-7-6-10(9-17)16-13(18)4-5-14(19)20/h1-5,8,10H,6-7,9H2,(H,16,18)(H,19,20)/b5-4-/t10-/m0/s1. The first-order valence-electron chi connectivity index (χ1n) is 6.93. The van der Waals surface area contributed by atoms with Crippen LogP contribution in [0.4, 0.5) is 9.57 Å². The largest absolute Gasteiger partial charge is 0.488 e. The van der Waals surface area contributed by atoms with E-state index in [1.54, 1.807) is 6.07 Å². The Balaban J connectivity index is 1.97. The molecule has 1 saturated heterocycles. The average Bonchev–Trinajstić information content (AvgIpc) is 2.92. The summed E-state index contributed by atoms with van der Waals surface area (Å²) in [6, 6.07) is 5.73. The van der Waals surface area contributed by atoms with Crippen molar-refractivity contribution in [3.8, 4) is 5.75 Å². The van der Waals surface area contributed by atoms with Crippen molar-refractivity contribution >= 4 is 28.1 Å². The zero-order valence-electron chi connectivity index (χ0n) is 12.4. The van der Waals surface area contributed by atoms with Gasteiger partial charge in [0.05, 0.1) is 0 Å². The second-order valence-corrected chi connectivity index (χ2v) is 6.04. The van der Waals surface area contributed by atoms with Crippen molar-refractivity contribution in [1.82, 2.24) is 5.32 Å². The van der Waals surface area contributed by atoms with Crippen molar-refractivity contribution in [2.24, 2.45) is 0 Å². The van der Waals surface area contributed by atoms with Crippen LogP contribution >= 0.6 is 0 Å². The Bertz CT molecular complexity index is 764. The Morgan fingerprint density at radius 2 is 2.12 bits per heavy atom. The van der Waals surface area contributed by atoms with Crippen LogP contribution in [0.25, 0.3) is 0 Å². The van der Waals surface area contributed by atoms with Gasteiger partial charge in [-0.15, -0.1) is 0 Å². The van der Waals surface area contributed by atoms with Crippen LogP contribution in [0.5, 0.6) is 5.75 Å². The molecule has 0 unspecified atom stereocenters. The van der Waals surface area contributed by atoms with Crippen LogP contribution in [0.2, 0.25) is 0 Å². The van der Waals surface area contributed by atoms with Gasteiger partial charge in [0.25, 0.3) is 0 Å². The summed E-state index contributed by atoms with van der Waals surface area (Å²) in [4.78, 5) is 23.8. The molecule has 1 atom stereocenters. The minimum absolute atomic E-state index is 0.146. The average molecular weight is 358 g/mol. The molecule has 0 aromatic heterocycles. The number of halogens is 1. The predicted octanol–water partition coefficient (Wildman–Crippen LogP) is 0.615. The van der Waals surface area contributed by atoms with Gasteiger partial charge in [-0.2, -0.15) is 8.42 Å². The smallest absolute Gasteiger partial charge is 0.478 e. The third-order valence-electron chi connectivity index (χ3n) is 3.29. The quantitative estimate of drug-likeness (QED) is 0.566. The van der Waals surface area contributed by atoms with E-state index in [1.807, 2.05) is 4.90 Å². The second-order valence-electron chi connectivity index (χ2n) is 5.09. The Hall–Kier alpha value is -2.62. The van der Waals surface area contributed by atoms with E-state index in [9.17, 15) is 21.9 Å². The van der Waals surface area contributed by atoms with Crippen molar-refractivity contribution in [3.63, 3.8) is 0 Å². The summed E-state index contributed by atoms with van der Waals surface area (Å²) in [6.45, 7) is 1.03. The van der Waals surface area contributed by atoms with E-state index in [0.717, 1.165) is 12.2 Å². The molecular formula is C14H15FN2O6S. The fraction of sp³-hybridized carbons (Fsp3) is 0.286. The number of carboxylic acid groups (broad SMARTS) is 1. The molecule has 130 valence electrons. The predicted molar refractivity (Wildman–Crippen MR) is 82.6 cm³/mol. The Morgan fingerprint density at radius 1 is 1.38 bits per heavy atom. The van der Waals surface area contributed by atoms with Gasteiger partial charge in [0.2, 0.25) is 5.91 Å². The summed E-state index contributed by atoms with van der Waals surface area (Å²) < 4.78 is 37.8. The van der Waals surface area contributed by atoms with Crippen molar-refractivity contribution in [1.29, 1.82) is 0 Å². The second kappa shape index (κ2) is 7.30. The first kappa shape index (κ1) is 17.7. The molecule has 2 rings (SSSR count). The Labute approximate surface area is 137 Å². The molecule has 0 saturated carbocycles. The van der Waals surface area contributed by atoms with E-state index in [2.05, 4.69) is 9.50 Å². The van der Waals surface area contributed by atoms with Gasteiger partial charge in [-0.1, -0.05) is 9.95 Å². The highest BCUT2D eigenvalue weighted by atomic mass is 32.3. The minimum Gasteiger partial charge on any atom is -0.478 e. The third-order valence-corrected chi connectivity index (χ3v) is 3.68. The SMILES string of the molecule is O=C(O)/C=C\C(=O)N[C@H]1CCN(c2cccc(OS(=O)(=O)F)c2)C1. The van der Waals surface area contributed by atoms with Gasteiger partial charge >= 0.3 is 16.5 Å². The number of carboxylic acids is 1. The third kappa shape index (κ3) is 5.54. The maximum atomic E-state index is 12.6. The highest BCUT2D eigenvalue weighted by Crippen LogP contribution is 2.25. The molecule has 8 nitrogen and oxygen atoms in total. The molecule has 1 aromatic rings. The number of nitrogens with one attached hydrogen (secondary N) is 1. The first-order valence-corrected chi connectivity index (χ1v) is 8.24. The van der Waals surface area contributed by atoms with Gasteiger partial charge < -0.3 is 19.5 Å². The fourth-order valence-electron chi connectivity index (χ4n) is 2.36. The number of hydrogen-bond acceptors (Lipinski definition) is 6. The molecule has 1 aliphatic heterocycles. The number of carbonyl (C=O) groups excluding carboxylic acids is 1. The normalized spacial score (nSPS) is 17.9. The van der Waals surface area contributed by atoms with Crippen LogP contribution in [0.3, 0.4) is 0 Å². The number of aliphatic carboxylic acids is 1. The highest BCUT2D eigenvalue weighted by molar-refractivity contribution is 7.81. The molecule has 0 aliphatic carbocycles. The van der Waals surface area contributed by atoms with Gasteiger partial charge in [-0.25, -0.2) is 4.79 Å². The van der Waals surface area contributed by atoms with E-state index in [1.165, 1.54) is 18.2 Å². The number of nitrogens with zero attached hydrogens (tertiary/aromatic N) is 1. The summed E-state index contributed by atoms with van der Waals surface area (Å²) in [5.74, 6) is -1.87. The molecule has 2 N–H and O–H groups in total. The summed E-state index contributed by atoms with van der Waals surface area (Å²) in [5.41, 5.74) is 0.619. The molecule has 1 aromatic carbocycles. The molecule has 10 heteroatoms. The van der Waals surface area contributed by atoms with Crippen LogP contribution in [0, 0.1) is 0 Å². The number of hydrogen-bond donors (Lipinski definition) is 2. The molecule has 1 amide bonds. The number of benzene rings is 1. The van der Waals surface area contributed by atoms with Gasteiger partial charge in [-0.3, -0.25) is 4.79 Å². The van der Waals surface area contributed by atoms with Crippen LogP contribution in [0.15, 0.2) is 36.4 Å². The van der Waals surface area contributed by atoms with Crippen LogP contribution in [-0.2, 0) is 20.1 Å². The summed E-state index contributed by atoms with van der Waals surface area (Å²) >= 11 is 0. The highest BCUT2D eigenvalue weighted by Gasteiger charge is 2.24. The molecular weight excluding hydrogens is 343 g/mol. The monoisotopic (exact) mass is 358 g/mol. The molecule has 1 fully saturated rings. The molecule has 0 radical (unpaired) electrons. The van der Waals surface area contributed by atoms with E-state index < -0.39 is 22.4 Å². The lowest BCUT2D eigenvalue weighted by atomic mass is 10.2. The van der Waals surface area contributed by atoms with Crippen LogP contribution < -0.4 is 14.4 Å². The van der Waals surface area contributed by atoms with Crippen molar-refractivity contribution in [3.05, 3.63) is 36.4 Å². The van der Waals surface area contributed by atoms with Gasteiger partial charge in [0.1, 0.15) is 5.75 Å². The zero-order chi connectivity index (χ0) is 17.7. The molecule has 0 bridgehead atoms. The Morgan fingerprint density at radius 3 is 2.79 bits per heavy atom. The first-order chi connectivity index (χ1) is 11.2. The number of amides is 1. The number of rotatable bonds is 6. The molecule has 24 heavy (non-hydrogen) atoms. The lowest BCUT2D eigenvalue weighted by Gasteiger charge is -2.19. The summed E-state index contributed by atoms with van der Waals surface area (Å²) in [5, 5.41) is 11.1. The van der Waals surface area contributed by atoms with Gasteiger partial charge in [-0.05, 0) is 18.6 Å². The lowest BCUT2D eigenvalue weighted by Crippen LogP contribution is -2.36. The van der Waals surface area contributed by atoms with E-state index >= 15 is 0 Å². The fourth-order valence-corrected chi connectivity index (χ4v) is 2.69.